The van der Waals surface area contributed by atoms with Gasteiger partial charge in [0.2, 0.25) is 0 Å². The smallest absolute Gasteiger partial charge is 0.192 e. The number of halogens is 3. The van der Waals surface area contributed by atoms with Gasteiger partial charge in [-0.2, -0.15) is 0 Å². The summed E-state index contributed by atoms with van der Waals surface area (Å²) in [6.45, 7) is 1.89. The van der Waals surface area contributed by atoms with E-state index in [0.29, 0.717) is 18.2 Å². The Morgan fingerprint density at radius 2 is 1.88 bits per heavy atom. The number of aromatic nitrogens is 1. The van der Waals surface area contributed by atoms with Crippen molar-refractivity contribution in [2.75, 3.05) is 0 Å². The van der Waals surface area contributed by atoms with Gasteiger partial charge >= 0.3 is 0 Å². The number of fused-ring (bicyclic) bond motifs is 1. The first-order chi connectivity index (χ1) is 8.04. The fraction of sp³-hybridized carbons (Fsp3) is 0.250. The molecule has 5 heteroatoms. The molecule has 17 heavy (non-hydrogen) atoms. The Kier molecular flexibility index (Phi) is 2.92. The number of nitrogens with one attached hydrogen (secondary N) is 1. The normalized spacial score (nSPS) is 11.1. The van der Waals surface area contributed by atoms with Crippen LogP contribution in [0, 0.1) is 17.5 Å². The van der Waals surface area contributed by atoms with Crippen LogP contribution in [0.5, 0.6) is 0 Å². The first kappa shape index (κ1) is 11.7. The molecule has 2 aromatic rings. The highest BCUT2D eigenvalue weighted by Crippen LogP contribution is 2.19. The predicted octanol–water partition coefficient (Wildman–Crippen LogP) is 2.90. The molecule has 2 nitrogen and oxygen atoms in total. The topological polar surface area (TPSA) is 32.9 Å². The zero-order valence-corrected chi connectivity index (χ0v) is 9.11. The lowest BCUT2D eigenvalue weighted by Gasteiger charge is -2.05. The van der Waals surface area contributed by atoms with Crippen molar-refractivity contribution in [1.82, 2.24) is 4.98 Å². The fourth-order valence-electron chi connectivity index (χ4n) is 1.78. The van der Waals surface area contributed by atoms with Crippen molar-refractivity contribution in [3.8, 4) is 0 Å². The summed E-state index contributed by atoms with van der Waals surface area (Å²) in [6, 6.07) is 1.61. The molecule has 0 amide bonds. The summed E-state index contributed by atoms with van der Waals surface area (Å²) in [7, 11) is 0. The van der Waals surface area contributed by atoms with Gasteiger partial charge in [-0.25, -0.2) is 13.2 Å². The molecule has 0 aliphatic rings. The molecule has 0 spiro atoms. The van der Waals surface area contributed by atoms with Gasteiger partial charge in [-0.3, -0.25) is 4.79 Å². The second-order valence-corrected chi connectivity index (χ2v) is 3.81. The summed E-state index contributed by atoms with van der Waals surface area (Å²) in [4.78, 5) is 14.2. The van der Waals surface area contributed by atoms with E-state index in [-0.39, 0.29) is 5.52 Å². The van der Waals surface area contributed by atoms with Gasteiger partial charge in [-0.05, 0) is 6.42 Å². The predicted molar refractivity (Wildman–Crippen MR) is 58.4 cm³/mol. The number of aromatic amines is 1. The molecule has 0 bridgehead atoms. The molecule has 1 N–H and O–H groups in total. The second-order valence-electron chi connectivity index (χ2n) is 3.81. The average Bonchev–Trinajstić information content (AvgIpc) is 2.26. The molecule has 0 unspecified atom stereocenters. The number of benzene rings is 1. The maximum atomic E-state index is 13.5. The highest BCUT2D eigenvalue weighted by Gasteiger charge is 2.16. The van der Waals surface area contributed by atoms with Gasteiger partial charge in [0.05, 0.1) is 10.9 Å². The maximum absolute atomic E-state index is 13.5. The van der Waals surface area contributed by atoms with E-state index in [1.165, 1.54) is 6.07 Å². The first-order valence-electron chi connectivity index (χ1n) is 5.24. The third-order valence-corrected chi connectivity index (χ3v) is 2.53. The van der Waals surface area contributed by atoms with E-state index in [1.807, 2.05) is 6.92 Å². The molecule has 0 aliphatic carbocycles. The van der Waals surface area contributed by atoms with Crippen molar-refractivity contribution in [2.24, 2.45) is 0 Å². The van der Waals surface area contributed by atoms with Crippen LogP contribution < -0.4 is 5.43 Å². The quantitative estimate of drug-likeness (QED) is 0.806. The lowest BCUT2D eigenvalue weighted by molar-refractivity contribution is 0.504. The van der Waals surface area contributed by atoms with E-state index in [4.69, 9.17) is 0 Å². The molecular formula is C12H10F3NO. The third-order valence-electron chi connectivity index (χ3n) is 2.53. The largest absolute Gasteiger partial charge is 0.356 e. The number of pyridine rings is 1. The third kappa shape index (κ3) is 1.92. The lowest BCUT2D eigenvalue weighted by atomic mass is 10.1. The van der Waals surface area contributed by atoms with Gasteiger partial charge in [0.1, 0.15) is 0 Å². The molecular weight excluding hydrogens is 231 g/mol. The van der Waals surface area contributed by atoms with Crippen LogP contribution in [0.15, 0.2) is 16.9 Å². The minimum absolute atomic E-state index is 0.278. The summed E-state index contributed by atoms with van der Waals surface area (Å²) < 4.78 is 39.8. The van der Waals surface area contributed by atoms with Crippen molar-refractivity contribution in [3.05, 3.63) is 45.5 Å². The van der Waals surface area contributed by atoms with Crippen molar-refractivity contribution >= 4 is 10.9 Å². The Balaban J connectivity index is 2.86. The van der Waals surface area contributed by atoms with Gasteiger partial charge in [-0.15, -0.1) is 0 Å². The van der Waals surface area contributed by atoms with Gasteiger partial charge < -0.3 is 4.98 Å². The number of H-pyrrole nitrogens is 1. The van der Waals surface area contributed by atoms with Crippen LogP contribution in [0.4, 0.5) is 13.2 Å². The molecule has 1 aromatic heterocycles. The van der Waals surface area contributed by atoms with Crippen LogP contribution in [0.3, 0.4) is 0 Å². The Morgan fingerprint density at radius 3 is 2.53 bits per heavy atom. The fourth-order valence-corrected chi connectivity index (χ4v) is 1.78. The van der Waals surface area contributed by atoms with Gasteiger partial charge in [0.15, 0.2) is 22.9 Å². The van der Waals surface area contributed by atoms with E-state index in [2.05, 4.69) is 4.98 Å². The molecule has 2 rings (SSSR count). The maximum Gasteiger partial charge on any atom is 0.192 e. The van der Waals surface area contributed by atoms with E-state index in [1.54, 1.807) is 0 Å². The van der Waals surface area contributed by atoms with Crippen LogP contribution >= 0.6 is 0 Å². The second kappa shape index (κ2) is 4.24. The summed E-state index contributed by atoms with van der Waals surface area (Å²) >= 11 is 0. The summed E-state index contributed by atoms with van der Waals surface area (Å²) in [5.41, 5.74) is -0.479. The average molecular weight is 241 g/mol. The minimum atomic E-state index is -1.36. The number of hydrogen-bond acceptors (Lipinski definition) is 1. The van der Waals surface area contributed by atoms with Gasteiger partial charge in [0, 0.05) is 17.8 Å². The number of rotatable bonds is 2. The van der Waals surface area contributed by atoms with Gasteiger partial charge in [-0.1, -0.05) is 13.3 Å². The highest BCUT2D eigenvalue weighted by atomic mass is 19.2. The van der Waals surface area contributed by atoms with E-state index in [9.17, 15) is 18.0 Å². The van der Waals surface area contributed by atoms with Crippen LogP contribution in [0.2, 0.25) is 0 Å². The Morgan fingerprint density at radius 1 is 1.18 bits per heavy atom. The molecule has 0 aliphatic heterocycles. The molecule has 0 saturated carbocycles. The van der Waals surface area contributed by atoms with Crippen molar-refractivity contribution < 1.29 is 13.2 Å². The summed E-state index contributed by atoms with van der Waals surface area (Å²) in [5.74, 6) is -3.64. The van der Waals surface area contributed by atoms with Crippen LogP contribution in [0.1, 0.15) is 19.0 Å². The molecule has 1 heterocycles. The van der Waals surface area contributed by atoms with Gasteiger partial charge in [0.25, 0.3) is 0 Å². The van der Waals surface area contributed by atoms with E-state index in [0.717, 1.165) is 6.42 Å². The van der Waals surface area contributed by atoms with E-state index < -0.39 is 28.3 Å². The van der Waals surface area contributed by atoms with Crippen molar-refractivity contribution in [1.29, 1.82) is 0 Å². The van der Waals surface area contributed by atoms with E-state index >= 15 is 0 Å². The van der Waals surface area contributed by atoms with Crippen LogP contribution in [-0.4, -0.2) is 4.98 Å². The monoisotopic (exact) mass is 241 g/mol. The Bertz CT molecular complexity index is 634. The van der Waals surface area contributed by atoms with Crippen LogP contribution in [-0.2, 0) is 6.42 Å². The number of aryl methyl sites for hydroxylation is 1. The minimum Gasteiger partial charge on any atom is -0.356 e. The number of hydrogen-bond donors (Lipinski definition) is 1. The summed E-state index contributed by atoms with van der Waals surface area (Å²) in [6.07, 6.45) is 1.30. The molecule has 0 atom stereocenters. The Hall–Kier alpha value is -1.78. The first-order valence-corrected chi connectivity index (χ1v) is 5.24. The Labute approximate surface area is 95.1 Å². The SMILES string of the molecule is CCCc1cc(=O)c2c(F)c(F)cc(F)c2[nH]1. The molecule has 90 valence electrons. The summed E-state index contributed by atoms with van der Waals surface area (Å²) in [5, 5.41) is -0.567. The van der Waals surface area contributed by atoms with Crippen molar-refractivity contribution in [2.45, 2.75) is 19.8 Å². The van der Waals surface area contributed by atoms with Crippen molar-refractivity contribution in [3.63, 3.8) is 0 Å². The molecule has 0 fully saturated rings. The zero-order chi connectivity index (χ0) is 12.6. The lowest BCUT2D eigenvalue weighted by Crippen LogP contribution is -2.09. The van der Waals surface area contributed by atoms with Crippen LogP contribution in [0.25, 0.3) is 10.9 Å². The standard InChI is InChI=1S/C12H10F3NO/c1-2-3-6-4-9(17)10-11(15)7(13)5-8(14)12(10)16-6/h4-5H,2-3H2,1H3,(H,16,17). The molecule has 0 radical (unpaired) electrons. The molecule has 1 aromatic carbocycles. The zero-order valence-electron chi connectivity index (χ0n) is 9.11. The molecule has 0 saturated heterocycles. The highest BCUT2D eigenvalue weighted by molar-refractivity contribution is 5.79.